The van der Waals surface area contributed by atoms with Crippen LogP contribution in [0.15, 0.2) is 40.4 Å². The molecule has 37 heavy (non-hydrogen) atoms. The summed E-state index contributed by atoms with van der Waals surface area (Å²) in [6.45, 7) is 8.05. The van der Waals surface area contributed by atoms with Crippen LogP contribution in [0.3, 0.4) is 0 Å². The summed E-state index contributed by atoms with van der Waals surface area (Å²) < 4.78 is 19.0. The summed E-state index contributed by atoms with van der Waals surface area (Å²) in [5, 5.41) is 14.4. The Morgan fingerprint density at radius 1 is 1.35 bits per heavy atom. The highest BCUT2D eigenvalue weighted by molar-refractivity contribution is 9.10. The van der Waals surface area contributed by atoms with Crippen LogP contribution in [0.25, 0.3) is 0 Å². The van der Waals surface area contributed by atoms with E-state index in [2.05, 4.69) is 39.5 Å². The number of hydrogen-bond donors (Lipinski definition) is 2. The Labute approximate surface area is 237 Å². The first-order chi connectivity index (χ1) is 17.4. The Hall–Kier alpha value is -1.10. The zero-order chi connectivity index (χ0) is 27.4. The normalized spacial score (nSPS) is 32.9. The monoisotopic (exact) mass is 617 g/mol. The van der Waals surface area contributed by atoms with Crippen molar-refractivity contribution in [1.82, 2.24) is 5.32 Å². The van der Waals surface area contributed by atoms with Crippen molar-refractivity contribution < 1.29 is 28.9 Å². The van der Waals surface area contributed by atoms with E-state index in [0.29, 0.717) is 25.0 Å². The zero-order valence-corrected chi connectivity index (χ0v) is 25.2. The average Bonchev–Trinajstić information content (AvgIpc) is 3.52. The number of rotatable bonds is 10. The smallest absolute Gasteiger partial charge is 0.414 e. The lowest BCUT2D eigenvalue weighted by molar-refractivity contribution is -0.197. The molecule has 1 aliphatic heterocycles. The van der Waals surface area contributed by atoms with Gasteiger partial charge in [-0.2, -0.15) is 0 Å². The molecule has 2 amide bonds. The number of alkyl carbamates (subject to hydrolysis) is 1. The maximum atomic E-state index is 12.4. The molecule has 0 aromatic heterocycles. The number of halogens is 2. The predicted molar refractivity (Wildman–Crippen MR) is 150 cm³/mol. The molecule has 7 nitrogen and oxygen atoms in total. The molecule has 1 heterocycles. The summed E-state index contributed by atoms with van der Waals surface area (Å²) in [4.78, 5) is 22.8. The maximum Gasteiger partial charge on any atom is 0.414 e. The molecule has 1 saturated heterocycles. The summed E-state index contributed by atoms with van der Waals surface area (Å²) in [7, 11) is 1.55. The van der Waals surface area contributed by atoms with Gasteiger partial charge in [-0.05, 0) is 64.2 Å². The van der Waals surface area contributed by atoms with Gasteiger partial charge in [-0.1, -0.05) is 46.6 Å². The number of carbonyl (C=O) groups is 2. The zero-order valence-electron chi connectivity index (χ0n) is 22.0. The lowest BCUT2D eigenvalue weighted by Gasteiger charge is -2.56. The number of aryl methyl sites for hydroxylation is 1. The van der Waals surface area contributed by atoms with Crippen molar-refractivity contribution in [3.8, 4) is 0 Å². The molecule has 2 aliphatic rings. The van der Waals surface area contributed by atoms with Gasteiger partial charge in [0.2, 0.25) is 5.91 Å². The summed E-state index contributed by atoms with van der Waals surface area (Å²) >= 11 is 10.5. The summed E-state index contributed by atoms with van der Waals surface area (Å²) in [5.41, 5.74) is 0.705. The van der Waals surface area contributed by atoms with Gasteiger partial charge in [-0.3, -0.25) is 10.1 Å². The Bertz CT molecular complexity index is 1020. The average molecular weight is 619 g/mol. The number of amides is 2. The molecule has 10 heteroatoms. The fraction of sp³-hybridized carbons (Fsp3) is 0.630. The molecule has 3 rings (SSSR count). The van der Waals surface area contributed by atoms with E-state index in [0.717, 1.165) is 10.9 Å². The van der Waals surface area contributed by atoms with Crippen LogP contribution in [0.5, 0.6) is 0 Å². The van der Waals surface area contributed by atoms with Crippen LogP contribution < -0.4 is 5.32 Å². The van der Waals surface area contributed by atoms with Crippen LogP contribution in [0.1, 0.15) is 52.5 Å². The van der Waals surface area contributed by atoms with Gasteiger partial charge in [0.05, 0.1) is 11.5 Å². The van der Waals surface area contributed by atoms with E-state index in [9.17, 15) is 14.7 Å². The minimum atomic E-state index is -1.21. The Morgan fingerprint density at radius 3 is 2.70 bits per heavy atom. The molecule has 0 radical (unpaired) electrons. The number of methoxy groups -OCH3 is 1. The van der Waals surface area contributed by atoms with Crippen LogP contribution in [0, 0.1) is 5.41 Å². The van der Waals surface area contributed by atoms with Crippen LogP contribution in [-0.2, 0) is 25.4 Å². The van der Waals surface area contributed by atoms with Crippen molar-refractivity contribution in [2.24, 2.45) is 5.41 Å². The van der Waals surface area contributed by atoms with Gasteiger partial charge in [0.25, 0.3) is 0 Å². The van der Waals surface area contributed by atoms with Crippen LogP contribution in [0.4, 0.5) is 4.79 Å². The molecule has 6 atom stereocenters. The molecule has 1 aromatic carbocycles. The largest absolute Gasteiger partial charge is 0.443 e. The number of aliphatic hydroxyl groups is 1. The van der Waals surface area contributed by atoms with E-state index in [-0.39, 0.29) is 12.0 Å². The van der Waals surface area contributed by atoms with Crippen LogP contribution in [-0.4, -0.2) is 64.7 Å². The quantitative estimate of drug-likeness (QED) is 0.152. The SMILES string of the molecule is COC1C(OC(=O)NC(=O)CCl)CCC(O)(SCCc2cccc(Br)c2)C1(C)C1(C)OC1CC=C(C)C. The molecular weight excluding hydrogens is 582 g/mol. The van der Waals surface area contributed by atoms with E-state index < -0.39 is 40.2 Å². The number of benzene rings is 1. The van der Waals surface area contributed by atoms with Crippen molar-refractivity contribution >= 4 is 51.3 Å². The van der Waals surface area contributed by atoms with E-state index in [1.54, 1.807) is 7.11 Å². The number of imide groups is 1. The molecule has 2 fully saturated rings. The highest BCUT2D eigenvalue weighted by Crippen LogP contribution is 2.65. The van der Waals surface area contributed by atoms with Crippen LogP contribution in [0.2, 0.25) is 0 Å². The van der Waals surface area contributed by atoms with Crippen molar-refractivity contribution in [3.05, 3.63) is 46.0 Å². The van der Waals surface area contributed by atoms with Gasteiger partial charge < -0.3 is 19.3 Å². The third-order valence-corrected chi connectivity index (χ3v) is 9.95. The number of nitrogens with one attached hydrogen (secondary N) is 1. The summed E-state index contributed by atoms with van der Waals surface area (Å²) in [6.07, 6.45) is 1.99. The third kappa shape index (κ3) is 6.56. The summed E-state index contributed by atoms with van der Waals surface area (Å²) in [6, 6.07) is 8.13. The van der Waals surface area contributed by atoms with E-state index in [4.69, 9.17) is 25.8 Å². The first kappa shape index (κ1) is 30.4. The van der Waals surface area contributed by atoms with E-state index >= 15 is 0 Å². The number of thioether (sulfide) groups is 1. The fourth-order valence-electron chi connectivity index (χ4n) is 5.42. The Morgan fingerprint density at radius 2 is 2.08 bits per heavy atom. The van der Waals surface area contributed by atoms with Gasteiger partial charge in [0, 0.05) is 17.3 Å². The van der Waals surface area contributed by atoms with Gasteiger partial charge >= 0.3 is 6.09 Å². The number of allylic oxidation sites excluding steroid dienone is 1. The summed E-state index contributed by atoms with van der Waals surface area (Å²) in [5.74, 6) is -0.306. The number of ether oxygens (including phenoxy) is 3. The van der Waals surface area contributed by atoms with Crippen molar-refractivity contribution in [3.63, 3.8) is 0 Å². The van der Waals surface area contributed by atoms with Crippen molar-refractivity contribution in [1.29, 1.82) is 0 Å². The highest BCUT2D eigenvalue weighted by atomic mass is 79.9. The lowest BCUT2D eigenvalue weighted by Crippen LogP contribution is -2.67. The lowest BCUT2D eigenvalue weighted by atomic mass is 9.61. The van der Waals surface area contributed by atoms with Gasteiger partial charge in [-0.25, -0.2) is 4.79 Å². The Kier molecular flexibility index (Phi) is 10.2. The third-order valence-electron chi connectivity index (χ3n) is 7.70. The minimum absolute atomic E-state index is 0.118. The Balaban J connectivity index is 1.87. The van der Waals surface area contributed by atoms with Crippen LogP contribution >= 0.6 is 39.3 Å². The number of hydrogen-bond acceptors (Lipinski definition) is 7. The van der Waals surface area contributed by atoms with Crippen molar-refractivity contribution in [2.75, 3.05) is 18.7 Å². The first-order valence-corrected chi connectivity index (χ1v) is 14.7. The van der Waals surface area contributed by atoms with Gasteiger partial charge in [0.15, 0.2) is 0 Å². The van der Waals surface area contributed by atoms with E-state index in [1.165, 1.54) is 22.9 Å². The molecule has 2 N–H and O–H groups in total. The van der Waals surface area contributed by atoms with Crippen molar-refractivity contribution in [2.45, 2.75) is 82.2 Å². The molecule has 1 saturated carbocycles. The second-order valence-corrected chi connectivity index (χ2v) is 12.8. The predicted octanol–water partition coefficient (Wildman–Crippen LogP) is 5.60. The van der Waals surface area contributed by atoms with Gasteiger partial charge in [-0.15, -0.1) is 23.4 Å². The minimum Gasteiger partial charge on any atom is -0.443 e. The molecule has 206 valence electrons. The standard InChI is InChI=1S/C27H37BrClNO6S/c1-17(2)9-10-21-26(4,36-21)25(3)23(34-5)20(35-24(32)30-22(31)16-29)11-13-27(25,33)37-14-12-18-7-6-8-19(28)15-18/h6-9,15,20-21,23,33H,10-14,16H2,1-5H3,(H,30,31,32). The topological polar surface area (TPSA) is 97.4 Å². The first-order valence-electron chi connectivity index (χ1n) is 12.4. The maximum absolute atomic E-state index is 12.4. The highest BCUT2D eigenvalue weighted by Gasteiger charge is 2.75. The van der Waals surface area contributed by atoms with Gasteiger partial charge in [0.1, 0.15) is 28.6 Å². The molecule has 0 bridgehead atoms. The molecule has 1 aromatic rings. The number of epoxide rings is 1. The number of alkyl halides is 1. The molecule has 1 aliphatic carbocycles. The number of carbonyl (C=O) groups excluding carboxylic acids is 2. The molecule has 0 spiro atoms. The van der Waals surface area contributed by atoms with E-state index in [1.807, 2.05) is 39.8 Å². The molecule has 6 unspecified atom stereocenters. The second kappa shape index (κ2) is 12.4. The molecular formula is C27H37BrClNO6S. The second-order valence-electron chi connectivity index (χ2n) is 10.3. The fourth-order valence-corrected chi connectivity index (χ4v) is 7.49.